The van der Waals surface area contributed by atoms with Crippen LogP contribution in [0.4, 0.5) is 0 Å². The molecule has 140 valence electrons. The van der Waals surface area contributed by atoms with Crippen molar-refractivity contribution in [1.82, 2.24) is 24.6 Å². The van der Waals surface area contributed by atoms with Crippen molar-refractivity contribution in [2.24, 2.45) is 0 Å². The van der Waals surface area contributed by atoms with E-state index < -0.39 is 0 Å². The zero-order valence-electron chi connectivity index (χ0n) is 15.6. The zero-order valence-corrected chi connectivity index (χ0v) is 15.6. The molecule has 0 spiro atoms. The van der Waals surface area contributed by atoms with Crippen LogP contribution in [0.1, 0.15) is 30.3 Å². The molecule has 0 amide bonds. The second kappa shape index (κ2) is 6.42. The number of benzene rings is 1. The van der Waals surface area contributed by atoms with Crippen molar-refractivity contribution in [3.05, 3.63) is 35.8 Å². The molecule has 0 radical (unpaired) electrons. The van der Waals surface area contributed by atoms with Gasteiger partial charge in [0, 0.05) is 11.1 Å². The molecule has 1 N–H and O–H groups in total. The molecule has 7 heteroatoms. The number of H-pyrrole nitrogens is 1. The van der Waals surface area contributed by atoms with E-state index in [-0.39, 0.29) is 0 Å². The minimum absolute atomic E-state index is 0.413. The van der Waals surface area contributed by atoms with Crippen molar-refractivity contribution in [3.8, 4) is 11.5 Å². The van der Waals surface area contributed by atoms with Crippen LogP contribution in [-0.2, 0) is 0 Å². The van der Waals surface area contributed by atoms with E-state index in [1.165, 1.54) is 0 Å². The molecule has 1 saturated heterocycles. The van der Waals surface area contributed by atoms with E-state index in [9.17, 15) is 0 Å². The van der Waals surface area contributed by atoms with Gasteiger partial charge in [-0.3, -0.25) is 0 Å². The lowest BCUT2D eigenvalue weighted by atomic mass is 10.1. The Hall–Kier alpha value is -2.80. The van der Waals surface area contributed by atoms with E-state index in [2.05, 4.69) is 32.8 Å². The van der Waals surface area contributed by atoms with Gasteiger partial charge in [-0.1, -0.05) is 12.1 Å². The highest BCUT2D eigenvalue weighted by Gasteiger charge is 2.24. The van der Waals surface area contributed by atoms with Gasteiger partial charge in [-0.15, -0.1) is 0 Å². The molecule has 5 rings (SSSR count). The number of fused-ring (bicyclic) bond motifs is 2. The second-order valence-electron chi connectivity index (χ2n) is 7.28. The van der Waals surface area contributed by atoms with Crippen molar-refractivity contribution >= 4 is 22.8 Å². The fourth-order valence-corrected chi connectivity index (χ4v) is 3.95. The van der Waals surface area contributed by atoms with Gasteiger partial charge in [-0.2, -0.15) is 5.10 Å². The Bertz CT molecular complexity index is 1010. The normalized spacial score (nSPS) is 18.2. The maximum Gasteiger partial charge on any atom is 0.177 e. The van der Waals surface area contributed by atoms with Crippen molar-refractivity contribution in [3.63, 3.8) is 0 Å². The lowest BCUT2D eigenvalue weighted by Crippen LogP contribution is -2.31. The predicted molar refractivity (Wildman–Crippen MR) is 104 cm³/mol. The smallest absolute Gasteiger partial charge is 0.177 e. The topological polar surface area (TPSA) is 68.2 Å². The molecule has 2 aromatic heterocycles. The van der Waals surface area contributed by atoms with Gasteiger partial charge < -0.3 is 19.4 Å². The summed E-state index contributed by atoms with van der Waals surface area (Å²) in [5.41, 5.74) is 3.94. The molecule has 0 atom stereocenters. The summed E-state index contributed by atoms with van der Waals surface area (Å²) >= 11 is 0. The minimum Gasteiger partial charge on any atom is -0.493 e. The molecule has 7 nitrogen and oxygen atoms in total. The Morgan fingerprint density at radius 2 is 2.11 bits per heavy atom. The fourth-order valence-electron chi connectivity index (χ4n) is 3.95. The van der Waals surface area contributed by atoms with Crippen LogP contribution >= 0.6 is 0 Å². The zero-order chi connectivity index (χ0) is 18.4. The van der Waals surface area contributed by atoms with E-state index in [4.69, 9.17) is 14.5 Å². The number of nitrogens with one attached hydrogen (secondary N) is 1. The number of rotatable bonds is 3. The number of para-hydroxylation sites is 1. The third-order valence-corrected chi connectivity index (χ3v) is 5.51. The summed E-state index contributed by atoms with van der Waals surface area (Å²) < 4.78 is 13.4. The summed E-state index contributed by atoms with van der Waals surface area (Å²) in [6, 6.07) is 6.32. The van der Waals surface area contributed by atoms with Crippen LogP contribution < -0.4 is 9.47 Å². The fraction of sp³-hybridized carbons (Fsp3) is 0.400. The SMILES string of the molecule is COc1cccc2c1OCC(c1nc3c(cnn3C3CCN(C)CC3)[nH]1)=C2. The number of nitrogens with zero attached hydrogens (tertiary/aromatic N) is 4. The van der Waals surface area contributed by atoms with Crippen LogP contribution in [0.5, 0.6) is 11.5 Å². The molecular weight excluding hydrogens is 342 g/mol. The number of aromatic amines is 1. The van der Waals surface area contributed by atoms with Crippen molar-refractivity contribution < 1.29 is 9.47 Å². The lowest BCUT2D eigenvalue weighted by molar-refractivity contribution is 0.215. The van der Waals surface area contributed by atoms with Crippen LogP contribution in [0.25, 0.3) is 22.8 Å². The first-order valence-corrected chi connectivity index (χ1v) is 9.35. The van der Waals surface area contributed by atoms with E-state index in [1.54, 1.807) is 7.11 Å². The standard InChI is InChI=1S/C20H23N5O2/c1-24-8-6-15(7-9-24)25-20-16(11-21-25)22-19(23-20)14-10-13-4-3-5-17(26-2)18(13)27-12-14/h3-5,10-11,15H,6-9,12H2,1-2H3,(H,22,23). The van der Waals surface area contributed by atoms with Gasteiger partial charge >= 0.3 is 0 Å². The molecule has 1 aromatic carbocycles. The molecule has 0 unspecified atom stereocenters. The largest absolute Gasteiger partial charge is 0.493 e. The van der Waals surface area contributed by atoms with Gasteiger partial charge in [0.05, 0.1) is 19.3 Å². The Kier molecular flexibility index (Phi) is 3.89. The van der Waals surface area contributed by atoms with Gasteiger partial charge in [0.1, 0.15) is 17.9 Å². The van der Waals surface area contributed by atoms with Gasteiger partial charge in [-0.05, 0) is 45.1 Å². The number of ether oxygens (including phenoxy) is 2. The predicted octanol–water partition coefficient (Wildman–Crippen LogP) is 2.97. The maximum atomic E-state index is 5.96. The number of hydrogen-bond acceptors (Lipinski definition) is 5. The van der Waals surface area contributed by atoms with Gasteiger partial charge in [0.15, 0.2) is 17.1 Å². The van der Waals surface area contributed by atoms with Crippen molar-refractivity contribution in [2.45, 2.75) is 18.9 Å². The number of methoxy groups -OCH3 is 1. The highest BCUT2D eigenvalue weighted by atomic mass is 16.5. The number of hydrogen-bond donors (Lipinski definition) is 1. The monoisotopic (exact) mass is 365 g/mol. The number of imidazole rings is 1. The van der Waals surface area contributed by atoms with E-state index in [0.29, 0.717) is 12.6 Å². The van der Waals surface area contributed by atoms with Gasteiger partial charge in [0.2, 0.25) is 0 Å². The van der Waals surface area contributed by atoms with Crippen LogP contribution in [0.15, 0.2) is 24.4 Å². The first kappa shape index (κ1) is 16.4. The van der Waals surface area contributed by atoms with Gasteiger partial charge in [0.25, 0.3) is 0 Å². The average Bonchev–Trinajstić information content (AvgIpc) is 3.29. The summed E-state index contributed by atoms with van der Waals surface area (Å²) in [6.07, 6.45) is 6.21. The molecule has 0 saturated carbocycles. The Balaban J connectivity index is 1.48. The summed E-state index contributed by atoms with van der Waals surface area (Å²) in [4.78, 5) is 10.6. The Morgan fingerprint density at radius 3 is 2.93 bits per heavy atom. The second-order valence-corrected chi connectivity index (χ2v) is 7.28. The molecule has 1 fully saturated rings. The van der Waals surface area contributed by atoms with E-state index in [0.717, 1.165) is 65.6 Å². The maximum absolute atomic E-state index is 5.96. The van der Waals surface area contributed by atoms with Crippen molar-refractivity contribution in [1.29, 1.82) is 0 Å². The number of likely N-dealkylation sites (tertiary alicyclic amines) is 1. The summed E-state index contributed by atoms with van der Waals surface area (Å²) in [5, 5.41) is 4.59. The number of piperidine rings is 1. The highest BCUT2D eigenvalue weighted by Crippen LogP contribution is 2.37. The Labute approximate surface area is 157 Å². The van der Waals surface area contributed by atoms with Gasteiger partial charge in [-0.25, -0.2) is 9.67 Å². The van der Waals surface area contributed by atoms with E-state index >= 15 is 0 Å². The summed E-state index contributed by atoms with van der Waals surface area (Å²) in [5.74, 6) is 2.39. The van der Waals surface area contributed by atoms with Crippen LogP contribution in [0, 0.1) is 0 Å². The third kappa shape index (κ3) is 2.78. The number of aromatic nitrogens is 4. The quantitative estimate of drug-likeness (QED) is 0.773. The highest BCUT2D eigenvalue weighted by molar-refractivity contribution is 5.87. The first-order chi connectivity index (χ1) is 13.2. The first-order valence-electron chi connectivity index (χ1n) is 9.35. The molecule has 4 heterocycles. The van der Waals surface area contributed by atoms with Crippen molar-refractivity contribution in [2.75, 3.05) is 33.9 Å². The van der Waals surface area contributed by atoms with Crippen LogP contribution in [-0.4, -0.2) is 58.5 Å². The molecule has 2 aliphatic rings. The lowest BCUT2D eigenvalue weighted by Gasteiger charge is -2.28. The molecule has 27 heavy (non-hydrogen) atoms. The summed E-state index contributed by atoms with van der Waals surface area (Å²) in [7, 11) is 3.83. The van der Waals surface area contributed by atoms with Crippen LogP contribution in [0.3, 0.4) is 0 Å². The summed E-state index contributed by atoms with van der Waals surface area (Å²) in [6.45, 7) is 2.66. The third-order valence-electron chi connectivity index (χ3n) is 5.51. The molecule has 2 aliphatic heterocycles. The minimum atomic E-state index is 0.413. The van der Waals surface area contributed by atoms with Crippen LogP contribution in [0.2, 0.25) is 0 Å². The molecular formula is C20H23N5O2. The molecule has 0 bridgehead atoms. The molecule has 3 aromatic rings. The molecule has 0 aliphatic carbocycles. The Morgan fingerprint density at radius 1 is 1.26 bits per heavy atom. The average molecular weight is 365 g/mol. The van der Waals surface area contributed by atoms with E-state index in [1.807, 2.05) is 24.4 Å².